The fraction of sp³-hybridized carbons (Fsp3) is 0.917. The molecule has 4 nitrogen and oxygen atoms in total. The van der Waals surface area contributed by atoms with Crippen LogP contribution in [-0.4, -0.2) is 38.9 Å². The zero-order valence-electron chi connectivity index (χ0n) is 10.4. The molecule has 16 heavy (non-hydrogen) atoms. The fourth-order valence-electron chi connectivity index (χ4n) is 2.08. The summed E-state index contributed by atoms with van der Waals surface area (Å²) in [4.78, 5) is 12.0. The molecule has 0 aliphatic carbocycles. The van der Waals surface area contributed by atoms with Gasteiger partial charge in [0.1, 0.15) is 6.61 Å². The number of carbonyl (C=O) groups is 1. The lowest BCUT2D eigenvalue weighted by molar-refractivity contribution is -0.159. The molecule has 0 spiro atoms. The van der Waals surface area contributed by atoms with E-state index >= 15 is 0 Å². The van der Waals surface area contributed by atoms with E-state index in [0.717, 1.165) is 32.4 Å². The zero-order valence-corrected chi connectivity index (χ0v) is 10.4. The highest BCUT2D eigenvalue weighted by Gasteiger charge is 2.39. The van der Waals surface area contributed by atoms with E-state index in [0.29, 0.717) is 19.8 Å². The number of hydrogen-bond donors (Lipinski definition) is 1. The van der Waals surface area contributed by atoms with Crippen LogP contribution in [0.2, 0.25) is 0 Å². The van der Waals surface area contributed by atoms with Gasteiger partial charge in [0.15, 0.2) is 0 Å². The molecule has 0 bridgehead atoms. The lowest BCUT2D eigenvalue weighted by Gasteiger charge is -2.34. The van der Waals surface area contributed by atoms with E-state index in [-0.39, 0.29) is 11.4 Å². The first-order valence-corrected chi connectivity index (χ1v) is 6.21. The van der Waals surface area contributed by atoms with Gasteiger partial charge < -0.3 is 14.8 Å². The van der Waals surface area contributed by atoms with Gasteiger partial charge in [-0.25, -0.2) is 0 Å². The number of carbonyl (C=O) groups excluding carboxylic acids is 1. The van der Waals surface area contributed by atoms with Crippen LogP contribution in [0.3, 0.4) is 0 Å². The second-order valence-electron chi connectivity index (χ2n) is 4.25. The smallest absolute Gasteiger partial charge is 0.313 e. The predicted molar refractivity (Wildman–Crippen MR) is 62.3 cm³/mol. The van der Waals surface area contributed by atoms with Gasteiger partial charge >= 0.3 is 5.97 Å². The molecule has 1 rings (SSSR count). The summed E-state index contributed by atoms with van der Waals surface area (Å²) in [6, 6.07) is 0. The number of rotatable bonds is 6. The van der Waals surface area contributed by atoms with E-state index in [9.17, 15) is 4.79 Å². The quantitative estimate of drug-likeness (QED) is 0.551. The minimum Gasteiger partial charge on any atom is -0.463 e. The second kappa shape index (κ2) is 6.86. The maximum Gasteiger partial charge on any atom is 0.313 e. The van der Waals surface area contributed by atoms with Gasteiger partial charge in [-0.15, -0.1) is 0 Å². The van der Waals surface area contributed by atoms with E-state index in [1.54, 1.807) is 0 Å². The van der Waals surface area contributed by atoms with E-state index < -0.39 is 0 Å². The SMILES string of the molecule is CCOCCOC(=O)C1(CC)CCCNC1. The van der Waals surface area contributed by atoms with Crippen molar-refractivity contribution in [3.8, 4) is 0 Å². The minimum absolute atomic E-state index is 0.0677. The Labute approximate surface area is 97.7 Å². The molecule has 0 aromatic rings. The van der Waals surface area contributed by atoms with Gasteiger partial charge in [-0.05, 0) is 32.7 Å². The lowest BCUT2D eigenvalue weighted by Crippen LogP contribution is -2.46. The molecule has 0 radical (unpaired) electrons. The third-order valence-corrected chi connectivity index (χ3v) is 3.25. The van der Waals surface area contributed by atoms with Crippen molar-refractivity contribution in [2.75, 3.05) is 32.9 Å². The highest BCUT2D eigenvalue weighted by molar-refractivity contribution is 5.77. The van der Waals surface area contributed by atoms with E-state index in [2.05, 4.69) is 12.2 Å². The van der Waals surface area contributed by atoms with Crippen molar-refractivity contribution < 1.29 is 14.3 Å². The molecule has 1 atom stereocenters. The molecule has 0 aromatic carbocycles. The lowest BCUT2D eigenvalue weighted by atomic mass is 9.78. The maximum absolute atomic E-state index is 12.0. The van der Waals surface area contributed by atoms with Gasteiger partial charge in [0.2, 0.25) is 0 Å². The van der Waals surface area contributed by atoms with Crippen LogP contribution in [0.25, 0.3) is 0 Å². The van der Waals surface area contributed by atoms with Crippen molar-refractivity contribution in [1.29, 1.82) is 0 Å². The van der Waals surface area contributed by atoms with Crippen LogP contribution in [-0.2, 0) is 14.3 Å². The largest absolute Gasteiger partial charge is 0.463 e. The third kappa shape index (κ3) is 3.46. The van der Waals surface area contributed by atoms with Gasteiger partial charge in [-0.2, -0.15) is 0 Å². The first kappa shape index (κ1) is 13.5. The fourth-order valence-corrected chi connectivity index (χ4v) is 2.08. The van der Waals surface area contributed by atoms with E-state index in [4.69, 9.17) is 9.47 Å². The molecule has 1 fully saturated rings. The van der Waals surface area contributed by atoms with Gasteiger partial charge in [-0.3, -0.25) is 4.79 Å². The molecule has 0 saturated carbocycles. The number of esters is 1. The standard InChI is InChI=1S/C12H23NO3/c1-3-12(6-5-7-13-10-12)11(14)16-9-8-15-4-2/h13H,3-10H2,1-2H3. The summed E-state index contributed by atoms with van der Waals surface area (Å²) in [6.45, 7) is 7.27. The molecule has 1 unspecified atom stereocenters. The molecular formula is C12H23NO3. The first-order chi connectivity index (χ1) is 7.75. The van der Waals surface area contributed by atoms with E-state index in [1.807, 2.05) is 6.92 Å². The summed E-state index contributed by atoms with van der Waals surface area (Å²) in [5, 5.41) is 3.28. The summed E-state index contributed by atoms with van der Waals surface area (Å²) in [7, 11) is 0. The van der Waals surface area contributed by atoms with Crippen LogP contribution >= 0.6 is 0 Å². The molecule has 94 valence electrons. The number of nitrogens with one attached hydrogen (secondary N) is 1. The Bertz CT molecular complexity index is 212. The van der Waals surface area contributed by atoms with Crippen LogP contribution in [0.15, 0.2) is 0 Å². The van der Waals surface area contributed by atoms with Gasteiger partial charge in [-0.1, -0.05) is 6.92 Å². The van der Waals surface area contributed by atoms with Crippen LogP contribution in [0.5, 0.6) is 0 Å². The minimum atomic E-state index is -0.301. The molecule has 0 amide bonds. The zero-order chi connectivity index (χ0) is 11.9. The van der Waals surface area contributed by atoms with Crippen LogP contribution < -0.4 is 5.32 Å². The van der Waals surface area contributed by atoms with Crippen molar-refractivity contribution in [2.45, 2.75) is 33.1 Å². The molecule has 1 saturated heterocycles. The number of piperidine rings is 1. The summed E-state index contributed by atoms with van der Waals surface area (Å²) < 4.78 is 10.4. The Hall–Kier alpha value is -0.610. The summed E-state index contributed by atoms with van der Waals surface area (Å²) >= 11 is 0. The Morgan fingerprint density at radius 2 is 2.19 bits per heavy atom. The van der Waals surface area contributed by atoms with Crippen LogP contribution in [0, 0.1) is 5.41 Å². The maximum atomic E-state index is 12.0. The molecule has 1 aliphatic heterocycles. The van der Waals surface area contributed by atoms with Crippen LogP contribution in [0.1, 0.15) is 33.1 Å². The van der Waals surface area contributed by atoms with Crippen LogP contribution in [0.4, 0.5) is 0 Å². The topological polar surface area (TPSA) is 47.6 Å². The Kier molecular flexibility index (Phi) is 5.77. The molecule has 4 heteroatoms. The summed E-state index contributed by atoms with van der Waals surface area (Å²) in [5.74, 6) is -0.0677. The van der Waals surface area contributed by atoms with Crippen molar-refractivity contribution in [3.05, 3.63) is 0 Å². The Balaban J connectivity index is 2.36. The molecule has 1 aliphatic rings. The van der Waals surface area contributed by atoms with Gasteiger partial charge in [0.25, 0.3) is 0 Å². The van der Waals surface area contributed by atoms with Crippen molar-refractivity contribution in [3.63, 3.8) is 0 Å². The third-order valence-electron chi connectivity index (χ3n) is 3.25. The monoisotopic (exact) mass is 229 g/mol. The highest BCUT2D eigenvalue weighted by atomic mass is 16.6. The second-order valence-corrected chi connectivity index (χ2v) is 4.25. The number of ether oxygens (including phenoxy) is 2. The molecule has 0 aromatic heterocycles. The van der Waals surface area contributed by atoms with Crippen molar-refractivity contribution in [2.24, 2.45) is 5.41 Å². The molecule has 1 heterocycles. The van der Waals surface area contributed by atoms with E-state index in [1.165, 1.54) is 0 Å². The average Bonchev–Trinajstić information content (AvgIpc) is 2.35. The number of hydrogen-bond acceptors (Lipinski definition) is 4. The van der Waals surface area contributed by atoms with Gasteiger partial charge in [0.05, 0.1) is 12.0 Å². The Morgan fingerprint density at radius 3 is 2.75 bits per heavy atom. The predicted octanol–water partition coefficient (Wildman–Crippen LogP) is 1.35. The molecule has 1 N–H and O–H groups in total. The van der Waals surface area contributed by atoms with Crippen molar-refractivity contribution in [1.82, 2.24) is 5.32 Å². The Morgan fingerprint density at radius 1 is 1.38 bits per heavy atom. The van der Waals surface area contributed by atoms with Gasteiger partial charge in [0, 0.05) is 13.2 Å². The average molecular weight is 229 g/mol. The van der Waals surface area contributed by atoms with Crippen molar-refractivity contribution >= 4 is 5.97 Å². The first-order valence-electron chi connectivity index (χ1n) is 6.21. The highest BCUT2D eigenvalue weighted by Crippen LogP contribution is 2.31. The normalized spacial score (nSPS) is 25.4. The summed E-state index contributed by atoms with van der Waals surface area (Å²) in [5.41, 5.74) is -0.301. The summed E-state index contributed by atoms with van der Waals surface area (Å²) in [6.07, 6.45) is 2.83. The molecular weight excluding hydrogens is 206 g/mol.